The van der Waals surface area contributed by atoms with Gasteiger partial charge in [0.2, 0.25) is 0 Å². The number of fused-ring (bicyclic) bond motifs is 5. The first-order chi connectivity index (χ1) is 18.2. The maximum atomic E-state index is 12.2. The second-order valence-electron chi connectivity index (χ2n) is 13.8. The van der Waals surface area contributed by atoms with Crippen LogP contribution >= 0.6 is 0 Å². The summed E-state index contributed by atoms with van der Waals surface area (Å²) in [5.41, 5.74) is 16.1. The molecule has 1 aromatic heterocycles. The zero-order valence-corrected chi connectivity index (χ0v) is 24.1. The monoisotopic (exact) mass is 524 g/mol. The van der Waals surface area contributed by atoms with E-state index in [1.54, 1.807) is 6.20 Å². The lowest BCUT2D eigenvalue weighted by atomic mass is 9.37. The fourth-order valence-corrected chi connectivity index (χ4v) is 10.2. The number of ether oxygens (including phenoxy) is 1. The quantitative estimate of drug-likeness (QED) is 0.363. The van der Waals surface area contributed by atoms with Gasteiger partial charge >= 0.3 is 6.09 Å². The first-order valence-electron chi connectivity index (χ1n) is 15.6. The number of alkyl carbamates (subject to hydrolysis) is 1. The molecule has 0 spiro atoms. The molecule has 4 fully saturated rings. The highest BCUT2D eigenvalue weighted by molar-refractivity contribution is 5.67. The Balaban J connectivity index is 1.17. The van der Waals surface area contributed by atoms with Crippen LogP contribution in [0.3, 0.4) is 0 Å². The van der Waals surface area contributed by atoms with Crippen molar-refractivity contribution < 1.29 is 9.53 Å². The maximum Gasteiger partial charge on any atom is 0.407 e. The molecule has 212 valence electrons. The first kappa shape index (κ1) is 27.9. The fourth-order valence-electron chi connectivity index (χ4n) is 10.2. The van der Waals surface area contributed by atoms with E-state index in [1.165, 1.54) is 51.4 Å². The van der Waals surface area contributed by atoms with Gasteiger partial charge in [0.1, 0.15) is 0 Å². The molecule has 1 heterocycles. The molecule has 6 nitrogen and oxygen atoms in total. The van der Waals surface area contributed by atoms with Crippen molar-refractivity contribution in [3.05, 3.63) is 30.1 Å². The van der Waals surface area contributed by atoms with Crippen LogP contribution < -0.4 is 16.8 Å². The summed E-state index contributed by atoms with van der Waals surface area (Å²) in [5.74, 6) is 2.55. The lowest BCUT2D eigenvalue weighted by molar-refractivity contribution is -0.165. The van der Waals surface area contributed by atoms with E-state index in [-0.39, 0.29) is 28.0 Å². The Hall–Kier alpha value is -1.66. The van der Waals surface area contributed by atoms with Crippen molar-refractivity contribution in [2.45, 2.75) is 115 Å². The van der Waals surface area contributed by atoms with Gasteiger partial charge in [0.15, 0.2) is 0 Å². The van der Waals surface area contributed by atoms with Crippen molar-refractivity contribution >= 4 is 6.09 Å². The third kappa shape index (κ3) is 4.48. The van der Waals surface area contributed by atoms with E-state index in [9.17, 15) is 4.79 Å². The second kappa shape index (κ2) is 10.7. The highest BCUT2D eigenvalue weighted by Crippen LogP contribution is 2.70. The summed E-state index contributed by atoms with van der Waals surface area (Å²) in [4.78, 5) is 16.5. The molecule has 4 aliphatic rings. The Morgan fingerprint density at radius 1 is 1.13 bits per heavy atom. The van der Waals surface area contributed by atoms with Crippen LogP contribution in [-0.2, 0) is 11.2 Å². The van der Waals surface area contributed by atoms with Gasteiger partial charge < -0.3 is 21.5 Å². The predicted octanol–water partition coefficient (Wildman–Crippen LogP) is 5.98. The molecule has 0 aromatic carbocycles. The van der Waals surface area contributed by atoms with Crippen molar-refractivity contribution in [2.24, 2.45) is 46.0 Å². The number of nitrogens with two attached hydrogens (primary N) is 2. The van der Waals surface area contributed by atoms with Crippen LogP contribution in [0.2, 0.25) is 0 Å². The summed E-state index contributed by atoms with van der Waals surface area (Å²) in [7, 11) is 0. The average molecular weight is 525 g/mol. The summed E-state index contributed by atoms with van der Waals surface area (Å²) in [5, 5.41) is 2.86. The van der Waals surface area contributed by atoms with Gasteiger partial charge in [-0.05, 0) is 104 Å². The standard InChI is InChI=1S/C32H52N4O2/c1-4-23-22-31(33)27-14-13-24(10-9-21-38-28(37)36-20-15-25-11-6-8-19-35-25)29(27,2)17-18-32(31,34)30(3)16-7-5-12-26(23)30/h6,8,11,19,23-24,26-27H,4-5,7,9-10,12-18,20-22,33-34H2,1-3H3,(H,36,37)/t23-,24?,26?,27?,29?,30?,31?,32-/m0/s1. The molecule has 1 aromatic rings. The van der Waals surface area contributed by atoms with Gasteiger partial charge in [-0.3, -0.25) is 4.98 Å². The van der Waals surface area contributed by atoms with Crippen LogP contribution in [0.5, 0.6) is 0 Å². The number of pyridine rings is 1. The van der Waals surface area contributed by atoms with E-state index < -0.39 is 0 Å². The van der Waals surface area contributed by atoms with Crippen LogP contribution in [0.15, 0.2) is 24.4 Å². The molecule has 4 aliphatic carbocycles. The fraction of sp³-hybridized carbons (Fsp3) is 0.812. The normalized spacial score (nSPS) is 42.0. The molecule has 0 bridgehead atoms. The zero-order chi connectivity index (χ0) is 27.0. The molecule has 0 aliphatic heterocycles. The molecule has 6 unspecified atom stereocenters. The smallest absolute Gasteiger partial charge is 0.407 e. The number of amides is 1. The van der Waals surface area contributed by atoms with Crippen molar-refractivity contribution in [3.63, 3.8) is 0 Å². The second-order valence-corrected chi connectivity index (χ2v) is 13.8. The Morgan fingerprint density at radius 3 is 2.74 bits per heavy atom. The summed E-state index contributed by atoms with van der Waals surface area (Å²) in [6, 6.07) is 5.83. The van der Waals surface area contributed by atoms with Crippen molar-refractivity contribution in [3.8, 4) is 0 Å². The number of carbonyl (C=O) groups excluding carboxylic acids is 1. The van der Waals surface area contributed by atoms with Crippen molar-refractivity contribution in [2.75, 3.05) is 13.2 Å². The van der Waals surface area contributed by atoms with Gasteiger partial charge in [0, 0.05) is 35.9 Å². The molecular weight excluding hydrogens is 472 g/mol. The van der Waals surface area contributed by atoms with E-state index in [0.717, 1.165) is 37.3 Å². The molecule has 38 heavy (non-hydrogen) atoms. The molecule has 0 radical (unpaired) electrons. The van der Waals surface area contributed by atoms with Gasteiger partial charge in [0.25, 0.3) is 0 Å². The topological polar surface area (TPSA) is 103 Å². The first-order valence-corrected chi connectivity index (χ1v) is 15.6. The average Bonchev–Trinajstić information content (AvgIpc) is 3.25. The Bertz CT molecular complexity index is 973. The minimum atomic E-state index is -0.328. The van der Waals surface area contributed by atoms with Gasteiger partial charge in [-0.1, -0.05) is 46.1 Å². The number of rotatable bonds is 8. The van der Waals surface area contributed by atoms with Crippen LogP contribution in [0.25, 0.3) is 0 Å². The largest absolute Gasteiger partial charge is 0.450 e. The zero-order valence-electron chi connectivity index (χ0n) is 24.1. The van der Waals surface area contributed by atoms with E-state index in [4.69, 9.17) is 16.2 Å². The Morgan fingerprint density at radius 2 is 1.97 bits per heavy atom. The third-order valence-corrected chi connectivity index (χ3v) is 12.3. The molecule has 5 N–H and O–H groups in total. The predicted molar refractivity (Wildman–Crippen MR) is 152 cm³/mol. The van der Waals surface area contributed by atoms with Gasteiger partial charge in [-0.15, -0.1) is 0 Å². The van der Waals surface area contributed by atoms with Crippen LogP contribution in [-0.4, -0.2) is 35.3 Å². The molecular formula is C32H52N4O2. The molecule has 4 saturated carbocycles. The number of carbonyl (C=O) groups is 1. The lowest BCUT2D eigenvalue weighted by Crippen LogP contribution is -2.83. The minimum Gasteiger partial charge on any atom is -0.450 e. The van der Waals surface area contributed by atoms with Crippen LogP contribution in [0, 0.1) is 34.5 Å². The Kier molecular flexibility index (Phi) is 7.87. The minimum absolute atomic E-state index is 0.163. The molecule has 5 rings (SSSR count). The highest BCUT2D eigenvalue weighted by atomic mass is 16.5. The van der Waals surface area contributed by atoms with Crippen molar-refractivity contribution in [1.82, 2.24) is 10.3 Å². The summed E-state index contributed by atoms with van der Waals surface area (Å²) >= 11 is 0. The number of nitrogens with zero attached hydrogens (tertiary/aromatic N) is 1. The van der Waals surface area contributed by atoms with E-state index in [1.807, 2.05) is 18.2 Å². The summed E-state index contributed by atoms with van der Waals surface area (Å²) in [6.07, 6.45) is 16.4. The van der Waals surface area contributed by atoms with Gasteiger partial charge in [-0.2, -0.15) is 0 Å². The third-order valence-electron chi connectivity index (χ3n) is 12.3. The maximum absolute atomic E-state index is 12.2. The van der Waals surface area contributed by atoms with Crippen LogP contribution in [0.1, 0.15) is 104 Å². The number of hydrogen-bond acceptors (Lipinski definition) is 5. The van der Waals surface area contributed by atoms with E-state index in [0.29, 0.717) is 37.3 Å². The number of hydrogen-bond donors (Lipinski definition) is 3. The van der Waals surface area contributed by atoms with E-state index in [2.05, 4.69) is 31.1 Å². The molecule has 1 amide bonds. The summed E-state index contributed by atoms with van der Waals surface area (Å²) < 4.78 is 5.52. The summed E-state index contributed by atoms with van der Waals surface area (Å²) in [6.45, 7) is 8.43. The van der Waals surface area contributed by atoms with Gasteiger partial charge in [0.05, 0.1) is 6.61 Å². The highest BCUT2D eigenvalue weighted by Gasteiger charge is 2.72. The number of aromatic nitrogens is 1. The number of nitrogens with one attached hydrogen (secondary N) is 1. The molecule has 0 saturated heterocycles. The lowest BCUT2D eigenvalue weighted by Gasteiger charge is -2.72. The van der Waals surface area contributed by atoms with Gasteiger partial charge in [-0.25, -0.2) is 4.79 Å². The molecule has 6 heteroatoms. The van der Waals surface area contributed by atoms with Crippen molar-refractivity contribution in [1.29, 1.82) is 0 Å². The van der Waals surface area contributed by atoms with Crippen LogP contribution in [0.4, 0.5) is 4.79 Å². The molecule has 8 atom stereocenters. The SMILES string of the molecule is CC[C@H]1CC2(N)C3CCC(CCCOC(=O)NCCc4ccccn4)C3(C)CC[C@]2(N)C2(C)CCCCC12. The van der Waals surface area contributed by atoms with E-state index >= 15 is 0 Å². The Labute approximate surface area is 230 Å².